The largest absolute Gasteiger partial charge is 0.491 e. The zero-order chi connectivity index (χ0) is 27.8. The van der Waals surface area contributed by atoms with Crippen molar-refractivity contribution in [3.8, 4) is 17.2 Å². The molecule has 39 heavy (non-hydrogen) atoms. The molecule has 0 saturated carbocycles. The highest BCUT2D eigenvalue weighted by Gasteiger charge is 2.23. The molecule has 0 heterocycles. The first-order valence-corrected chi connectivity index (χ1v) is 14.5. The van der Waals surface area contributed by atoms with Gasteiger partial charge in [0.2, 0.25) is 10.0 Å². The van der Waals surface area contributed by atoms with Crippen molar-refractivity contribution in [1.82, 2.24) is 5.32 Å². The van der Waals surface area contributed by atoms with Gasteiger partial charge in [-0.3, -0.25) is 9.10 Å². The lowest BCUT2D eigenvalue weighted by Gasteiger charge is -2.25. The summed E-state index contributed by atoms with van der Waals surface area (Å²) in [6, 6.07) is 28.4. The summed E-state index contributed by atoms with van der Waals surface area (Å²) in [5, 5.41) is 3.21. The fourth-order valence-corrected chi connectivity index (χ4v) is 4.89. The fourth-order valence-electron chi connectivity index (χ4n) is 3.84. The number of aryl methyl sites for hydroxylation is 1. The highest BCUT2D eigenvalue weighted by Crippen LogP contribution is 2.36. The summed E-state index contributed by atoms with van der Waals surface area (Å²) < 4.78 is 38.6. The molecule has 0 bridgehead atoms. The Labute approximate surface area is 234 Å². The van der Waals surface area contributed by atoms with E-state index in [1.807, 2.05) is 49.4 Å². The second kappa shape index (κ2) is 12.7. The molecular weight excluding hydrogens is 536 g/mol. The SMILES string of the molecule is Cc1ccccc1OCCNC(=O)c1ccc(CN(c2cc(Cl)ccc2Oc2ccccc2)S(C)(=O)=O)cc1. The topological polar surface area (TPSA) is 84.9 Å². The van der Waals surface area contributed by atoms with Crippen molar-refractivity contribution in [2.45, 2.75) is 13.5 Å². The molecule has 0 aromatic heterocycles. The van der Waals surface area contributed by atoms with Gasteiger partial charge in [-0.15, -0.1) is 0 Å². The van der Waals surface area contributed by atoms with Crippen molar-refractivity contribution in [2.75, 3.05) is 23.7 Å². The van der Waals surface area contributed by atoms with Gasteiger partial charge in [0, 0.05) is 10.6 Å². The third kappa shape index (κ3) is 7.75. The van der Waals surface area contributed by atoms with Crippen LogP contribution in [0.2, 0.25) is 5.02 Å². The standard InChI is InChI=1S/C30H29ClN2O5S/c1-22-8-6-7-11-28(22)37-19-18-32-30(34)24-14-12-23(13-15-24)21-33(39(2,35)36)27-20-25(31)16-17-29(27)38-26-9-4-3-5-10-26/h3-17,20H,18-19,21H2,1-2H3,(H,32,34). The van der Waals surface area contributed by atoms with Gasteiger partial charge in [0.05, 0.1) is 25.0 Å². The van der Waals surface area contributed by atoms with Crippen LogP contribution in [0.1, 0.15) is 21.5 Å². The first kappa shape index (κ1) is 28.0. The Bertz CT molecular complexity index is 1530. The molecule has 0 aliphatic heterocycles. The molecule has 0 unspecified atom stereocenters. The summed E-state index contributed by atoms with van der Waals surface area (Å²) >= 11 is 6.24. The lowest BCUT2D eigenvalue weighted by atomic mass is 10.1. The summed E-state index contributed by atoms with van der Waals surface area (Å²) in [5.74, 6) is 1.45. The van der Waals surface area contributed by atoms with Crippen LogP contribution < -0.4 is 19.1 Å². The molecule has 4 aromatic carbocycles. The molecule has 4 rings (SSSR count). The Hall–Kier alpha value is -4.01. The number of para-hydroxylation sites is 2. The average Bonchev–Trinajstić information content (AvgIpc) is 2.92. The Morgan fingerprint density at radius 2 is 1.59 bits per heavy atom. The number of carbonyl (C=O) groups excluding carboxylic acids is 1. The smallest absolute Gasteiger partial charge is 0.251 e. The van der Waals surface area contributed by atoms with E-state index in [1.165, 1.54) is 4.31 Å². The number of rotatable bonds is 11. The number of anilines is 1. The van der Waals surface area contributed by atoms with Crippen LogP contribution >= 0.6 is 11.6 Å². The van der Waals surface area contributed by atoms with Crippen molar-refractivity contribution in [1.29, 1.82) is 0 Å². The van der Waals surface area contributed by atoms with Crippen LogP contribution in [0.3, 0.4) is 0 Å². The van der Waals surface area contributed by atoms with Crippen molar-refractivity contribution < 1.29 is 22.7 Å². The van der Waals surface area contributed by atoms with Crippen molar-refractivity contribution in [3.05, 3.63) is 119 Å². The summed E-state index contributed by atoms with van der Waals surface area (Å²) in [6.45, 7) is 2.67. The van der Waals surface area contributed by atoms with Gasteiger partial charge in [-0.1, -0.05) is 60.1 Å². The van der Waals surface area contributed by atoms with Crippen LogP contribution in [0.15, 0.2) is 97.1 Å². The molecule has 0 radical (unpaired) electrons. The van der Waals surface area contributed by atoms with Gasteiger partial charge in [-0.2, -0.15) is 0 Å². The number of halogens is 1. The third-order valence-electron chi connectivity index (χ3n) is 5.84. The molecule has 0 aliphatic rings. The third-order valence-corrected chi connectivity index (χ3v) is 7.20. The van der Waals surface area contributed by atoms with Crippen molar-refractivity contribution >= 4 is 33.2 Å². The molecule has 1 amide bonds. The summed E-state index contributed by atoms with van der Waals surface area (Å²) in [7, 11) is -3.71. The van der Waals surface area contributed by atoms with Crippen molar-refractivity contribution in [2.24, 2.45) is 0 Å². The number of amides is 1. The minimum Gasteiger partial charge on any atom is -0.491 e. The molecule has 0 saturated heterocycles. The van der Waals surface area contributed by atoms with Crippen LogP contribution in [-0.2, 0) is 16.6 Å². The Balaban J connectivity index is 1.44. The van der Waals surface area contributed by atoms with Gasteiger partial charge in [-0.05, 0) is 66.6 Å². The van der Waals surface area contributed by atoms with E-state index in [4.69, 9.17) is 21.1 Å². The van der Waals surface area contributed by atoms with E-state index in [1.54, 1.807) is 54.6 Å². The summed E-state index contributed by atoms with van der Waals surface area (Å²) in [6.07, 6.45) is 1.13. The van der Waals surface area contributed by atoms with Gasteiger partial charge < -0.3 is 14.8 Å². The number of sulfonamides is 1. The van der Waals surface area contributed by atoms with E-state index in [0.717, 1.165) is 17.6 Å². The number of benzene rings is 4. The number of carbonyl (C=O) groups is 1. The van der Waals surface area contributed by atoms with Crippen molar-refractivity contribution in [3.63, 3.8) is 0 Å². The number of ether oxygens (including phenoxy) is 2. The van der Waals surface area contributed by atoms with E-state index in [9.17, 15) is 13.2 Å². The normalized spacial score (nSPS) is 11.1. The van der Waals surface area contributed by atoms with Gasteiger partial charge >= 0.3 is 0 Å². The monoisotopic (exact) mass is 564 g/mol. The molecule has 0 spiro atoms. The molecule has 202 valence electrons. The van der Waals surface area contributed by atoms with E-state index >= 15 is 0 Å². The first-order valence-electron chi connectivity index (χ1n) is 12.3. The minimum absolute atomic E-state index is 0.0243. The molecule has 9 heteroatoms. The Morgan fingerprint density at radius 3 is 2.28 bits per heavy atom. The van der Waals surface area contributed by atoms with Gasteiger partial charge in [0.1, 0.15) is 18.1 Å². The van der Waals surface area contributed by atoms with E-state index in [2.05, 4.69) is 5.32 Å². The lowest BCUT2D eigenvalue weighted by Crippen LogP contribution is -2.30. The molecule has 7 nitrogen and oxygen atoms in total. The maximum Gasteiger partial charge on any atom is 0.251 e. The zero-order valence-electron chi connectivity index (χ0n) is 21.6. The quantitative estimate of drug-likeness (QED) is 0.219. The number of nitrogens with one attached hydrogen (secondary N) is 1. The maximum absolute atomic E-state index is 12.8. The minimum atomic E-state index is -3.71. The molecule has 0 atom stereocenters. The van der Waals surface area contributed by atoms with Crippen LogP contribution in [-0.4, -0.2) is 33.7 Å². The van der Waals surface area contributed by atoms with Crippen LogP contribution in [0, 0.1) is 6.92 Å². The number of nitrogens with zero attached hydrogens (tertiary/aromatic N) is 1. The predicted molar refractivity (Wildman–Crippen MR) is 154 cm³/mol. The predicted octanol–water partition coefficient (Wildman–Crippen LogP) is 6.22. The van der Waals surface area contributed by atoms with E-state index in [0.29, 0.717) is 46.5 Å². The number of hydrogen-bond acceptors (Lipinski definition) is 5. The highest BCUT2D eigenvalue weighted by molar-refractivity contribution is 7.92. The maximum atomic E-state index is 12.8. The van der Waals surface area contributed by atoms with Gasteiger partial charge in [-0.25, -0.2) is 8.42 Å². The Kier molecular flexibility index (Phi) is 9.11. The zero-order valence-corrected chi connectivity index (χ0v) is 23.2. The summed E-state index contributed by atoms with van der Waals surface area (Å²) in [5.41, 5.74) is 2.48. The van der Waals surface area contributed by atoms with E-state index < -0.39 is 10.0 Å². The van der Waals surface area contributed by atoms with E-state index in [-0.39, 0.29) is 12.5 Å². The lowest BCUT2D eigenvalue weighted by molar-refractivity contribution is 0.0947. The Morgan fingerprint density at radius 1 is 0.897 bits per heavy atom. The number of hydrogen-bond donors (Lipinski definition) is 1. The fraction of sp³-hybridized carbons (Fsp3) is 0.167. The van der Waals surface area contributed by atoms with Crippen LogP contribution in [0.5, 0.6) is 17.2 Å². The summed E-state index contributed by atoms with van der Waals surface area (Å²) in [4.78, 5) is 12.6. The second-order valence-corrected chi connectivity index (χ2v) is 11.2. The van der Waals surface area contributed by atoms with Crippen LogP contribution in [0.25, 0.3) is 0 Å². The van der Waals surface area contributed by atoms with Crippen LogP contribution in [0.4, 0.5) is 5.69 Å². The molecule has 1 N–H and O–H groups in total. The molecule has 4 aromatic rings. The van der Waals surface area contributed by atoms with Gasteiger partial charge in [0.15, 0.2) is 5.75 Å². The highest BCUT2D eigenvalue weighted by atomic mass is 35.5. The first-order chi connectivity index (χ1) is 18.7. The molecular formula is C30H29ClN2O5S. The van der Waals surface area contributed by atoms with Gasteiger partial charge in [0.25, 0.3) is 5.91 Å². The molecule has 0 aliphatic carbocycles. The average molecular weight is 565 g/mol. The molecule has 0 fully saturated rings. The second-order valence-electron chi connectivity index (χ2n) is 8.86.